The third-order valence-electron chi connectivity index (χ3n) is 2.37. The normalized spacial score (nSPS) is 10.8. The summed E-state index contributed by atoms with van der Waals surface area (Å²) in [5.74, 6) is 0.754. The molecule has 1 aromatic carbocycles. The molecule has 18 heavy (non-hydrogen) atoms. The van der Waals surface area contributed by atoms with E-state index in [1.165, 1.54) is 6.33 Å². The van der Waals surface area contributed by atoms with Crippen LogP contribution in [0.3, 0.4) is 0 Å². The van der Waals surface area contributed by atoms with Gasteiger partial charge in [-0.15, -0.1) is 0 Å². The third-order valence-corrected chi connectivity index (χ3v) is 2.61. The molecule has 0 spiro atoms. The molecule has 0 saturated carbocycles. The van der Waals surface area contributed by atoms with Gasteiger partial charge >= 0.3 is 0 Å². The second kappa shape index (κ2) is 6.49. The highest BCUT2D eigenvalue weighted by atomic mass is 35.5. The third kappa shape index (κ3) is 3.29. The molecular weight excluding hydrogens is 254 g/mol. The summed E-state index contributed by atoms with van der Waals surface area (Å²) < 4.78 is 5.16. The zero-order valence-corrected chi connectivity index (χ0v) is 10.5. The molecule has 2 rings (SSSR count). The molecule has 0 fully saturated rings. The fourth-order valence-corrected chi connectivity index (χ4v) is 1.75. The molecule has 0 aliphatic carbocycles. The minimum Gasteiger partial charge on any atom is -0.394 e. The average Bonchev–Trinajstić information content (AvgIpc) is 2.38. The monoisotopic (exact) mass is 267 g/mol. The molecule has 1 heterocycles. The molecule has 2 N–H and O–H groups in total. The lowest BCUT2D eigenvalue weighted by Gasteiger charge is -2.08. The van der Waals surface area contributed by atoms with Crippen LogP contribution >= 0.6 is 11.6 Å². The Hall–Kier alpha value is -1.43. The van der Waals surface area contributed by atoms with Crippen LogP contribution in [0.4, 0.5) is 5.82 Å². The lowest BCUT2D eigenvalue weighted by molar-refractivity contribution is 0.0992. The minimum absolute atomic E-state index is 0.0366. The SMILES string of the molecule is OCCOCCNc1ncnc2cc(Cl)ccc12. The zero-order chi connectivity index (χ0) is 12.8. The smallest absolute Gasteiger partial charge is 0.137 e. The van der Waals surface area contributed by atoms with Crippen LogP contribution < -0.4 is 5.32 Å². The summed E-state index contributed by atoms with van der Waals surface area (Å²) in [6.07, 6.45) is 1.50. The lowest BCUT2D eigenvalue weighted by atomic mass is 10.2. The first-order chi connectivity index (χ1) is 8.81. The maximum atomic E-state index is 8.57. The predicted molar refractivity (Wildman–Crippen MR) is 70.9 cm³/mol. The van der Waals surface area contributed by atoms with Gasteiger partial charge in [0.25, 0.3) is 0 Å². The Morgan fingerprint density at radius 3 is 3.00 bits per heavy atom. The number of anilines is 1. The summed E-state index contributed by atoms with van der Waals surface area (Å²) in [6, 6.07) is 5.49. The van der Waals surface area contributed by atoms with Crippen molar-refractivity contribution >= 4 is 28.3 Å². The molecular formula is C12H14ClN3O2. The number of aliphatic hydroxyl groups excluding tert-OH is 1. The van der Waals surface area contributed by atoms with Gasteiger partial charge in [0.2, 0.25) is 0 Å². The molecule has 0 saturated heterocycles. The number of rotatable bonds is 6. The van der Waals surface area contributed by atoms with Crippen molar-refractivity contribution in [1.29, 1.82) is 0 Å². The first-order valence-electron chi connectivity index (χ1n) is 5.64. The van der Waals surface area contributed by atoms with Crippen molar-refractivity contribution < 1.29 is 9.84 Å². The fourth-order valence-electron chi connectivity index (χ4n) is 1.58. The number of hydrogen-bond donors (Lipinski definition) is 2. The van der Waals surface area contributed by atoms with Crippen LogP contribution in [0.2, 0.25) is 5.02 Å². The Balaban J connectivity index is 2.04. The number of nitrogens with one attached hydrogen (secondary N) is 1. The van der Waals surface area contributed by atoms with E-state index in [1.807, 2.05) is 6.07 Å². The van der Waals surface area contributed by atoms with Crippen molar-refractivity contribution in [3.8, 4) is 0 Å². The molecule has 0 aliphatic rings. The molecule has 1 aromatic heterocycles. The second-order valence-corrected chi connectivity index (χ2v) is 4.08. The van der Waals surface area contributed by atoms with E-state index in [1.54, 1.807) is 12.1 Å². The molecule has 0 atom stereocenters. The van der Waals surface area contributed by atoms with E-state index in [0.717, 1.165) is 16.7 Å². The van der Waals surface area contributed by atoms with Crippen LogP contribution in [0.5, 0.6) is 0 Å². The maximum Gasteiger partial charge on any atom is 0.137 e. The van der Waals surface area contributed by atoms with Crippen molar-refractivity contribution in [3.63, 3.8) is 0 Å². The summed E-state index contributed by atoms with van der Waals surface area (Å²) >= 11 is 5.91. The van der Waals surface area contributed by atoms with E-state index in [0.29, 0.717) is 24.8 Å². The maximum absolute atomic E-state index is 8.57. The van der Waals surface area contributed by atoms with Gasteiger partial charge in [0.15, 0.2) is 0 Å². The fraction of sp³-hybridized carbons (Fsp3) is 0.333. The Morgan fingerprint density at radius 1 is 1.28 bits per heavy atom. The highest BCUT2D eigenvalue weighted by Gasteiger charge is 2.03. The van der Waals surface area contributed by atoms with Crippen LogP contribution in [0, 0.1) is 0 Å². The number of hydrogen-bond acceptors (Lipinski definition) is 5. The van der Waals surface area contributed by atoms with Crippen LogP contribution in [0.15, 0.2) is 24.5 Å². The van der Waals surface area contributed by atoms with Crippen molar-refractivity contribution in [2.24, 2.45) is 0 Å². The lowest BCUT2D eigenvalue weighted by Crippen LogP contribution is -2.12. The van der Waals surface area contributed by atoms with Gasteiger partial charge in [0.1, 0.15) is 12.1 Å². The summed E-state index contributed by atoms with van der Waals surface area (Å²) in [5.41, 5.74) is 0.802. The largest absolute Gasteiger partial charge is 0.394 e. The van der Waals surface area contributed by atoms with E-state index in [2.05, 4.69) is 15.3 Å². The van der Waals surface area contributed by atoms with E-state index in [-0.39, 0.29) is 6.61 Å². The van der Waals surface area contributed by atoms with E-state index in [4.69, 9.17) is 21.4 Å². The Labute approximate surface area is 110 Å². The van der Waals surface area contributed by atoms with Crippen LogP contribution in [-0.2, 0) is 4.74 Å². The van der Waals surface area contributed by atoms with E-state index >= 15 is 0 Å². The van der Waals surface area contributed by atoms with Gasteiger partial charge in [-0.05, 0) is 18.2 Å². The second-order valence-electron chi connectivity index (χ2n) is 3.65. The van der Waals surface area contributed by atoms with Gasteiger partial charge < -0.3 is 15.2 Å². The summed E-state index contributed by atoms with van der Waals surface area (Å²) in [4.78, 5) is 8.34. The van der Waals surface area contributed by atoms with Gasteiger partial charge in [-0.1, -0.05) is 11.6 Å². The first-order valence-corrected chi connectivity index (χ1v) is 6.02. The molecule has 0 radical (unpaired) electrons. The summed E-state index contributed by atoms with van der Waals surface area (Å²) in [7, 11) is 0. The first kappa shape index (κ1) is 13.0. The summed E-state index contributed by atoms with van der Waals surface area (Å²) in [6.45, 7) is 1.52. The molecule has 6 heteroatoms. The number of aliphatic hydroxyl groups is 1. The van der Waals surface area contributed by atoms with Crippen molar-refractivity contribution in [2.75, 3.05) is 31.7 Å². The number of benzene rings is 1. The average molecular weight is 268 g/mol. The van der Waals surface area contributed by atoms with Gasteiger partial charge in [0.05, 0.1) is 25.3 Å². The highest BCUT2D eigenvalue weighted by Crippen LogP contribution is 2.22. The number of halogens is 1. The van der Waals surface area contributed by atoms with Crippen LogP contribution in [0.1, 0.15) is 0 Å². The molecule has 96 valence electrons. The zero-order valence-electron chi connectivity index (χ0n) is 9.77. The van der Waals surface area contributed by atoms with E-state index in [9.17, 15) is 0 Å². The van der Waals surface area contributed by atoms with Crippen molar-refractivity contribution in [3.05, 3.63) is 29.5 Å². The molecule has 0 aliphatic heterocycles. The van der Waals surface area contributed by atoms with E-state index < -0.39 is 0 Å². The molecule has 0 unspecified atom stereocenters. The molecule has 2 aromatic rings. The van der Waals surface area contributed by atoms with Crippen molar-refractivity contribution in [1.82, 2.24) is 9.97 Å². The molecule has 0 amide bonds. The summed E-state index contributed by atoms with van der Waals surface area (Å²) in [5, 5.41) is 13.3. The minimum atomic E-state index is 0.0366. The Morgan fingerprint density at radius 2 is 2.17 bits per heavy atom. The Bertz CT molecular complexity index is 522. The predicted octanol–water partition coefficient (Wildman–Crippen LogP) is 1.70. The number of nitrogens with zero attached hydrogens (tertiary/aromatic N) is 2. The van der Waals surface area contributed by atoms with Gasteiger partial charge in [0, 0.05) is 17.0 Å². The Kier molecular flexibility index (Phi) is 4.69. The molecule has 5 nitrogen and oxygen atoms in total. The van der Waals surface area contributed by atoms with Gasteiger partial charge in [-0.3, -0.25) is 0 Å². The van der Waals surface area contributed by atoms with Crippen molar-refractivity contribution in [2.45, 2.75) is 0 Å². The van der Waals surface area contributed by atoms with Crippen LogP contribution in [0.25, 0.3) is 10.9 Å². The standard InChI is InChI=1S/C12H14ClN3O2/c13-9-1-2-10-11(7-9)15-8-16-12(10)14-3-5-18-6-4-17/h1-2,7-8,17H,3-6H2,(H,14,15,16). The van der Waals surface area contributed by atoms with Gasteiger partial charge in [-0.2, -0.15) is 0 Å². The molecule has 0 bridgehead atoms. The topological polar surface area (TPSA) is 67.3 Å². The highest BCUT2D eigenvalue weighted by molar-refractivity contribution is 6.31. The van der Waals surface area contributed by atoms with Gasteiger partial charge in [-0.25, -0.2) is 9.97 Å². The van der Waals surface area contributed by atoms with Crippen LogP contribution in [-0.4, -0.2) is 41.4 Å². The number of ether oxygens (including phenoxy) is 1. The number of aromatic nitrogens is 2. The quantitative estimate of drug-likeness (QED) is 0.780. The number of fused-ring (bicyclic) bond motifs is 1.